The molecular weight excluding hydrogens is 262 g/mol. The first-order valence-electron chi connectivity index (χ1n) is 2.63. The average molecular weight is 267 g/mol. The van der Waals surface area contributed by atoms with E-state index in [9.17, 15) is 5.11 Å². The minimum atomic E-state index is 0.144. The predicted molar refractivity (Wildman–Crippen MR) is 46.0 cm³/mol. The molecule has 0 atom stereocenters. The molecule has 0 saturated heterocycles. The van der Waals surface area contributed by atoms with Crippen molar-refractivity contribution in [2.75, 3.05) is 0 Å². The summed E-state index contributed by atoms with van der Waals surface area (Å²) in [7, 11) is 0. The van der Waals surface area contributed by atoms with Gasteiger partial charge in [0.15, 0.2) is 5.75 Å². The number of rotatable bonds is 0. The van der Waals surface area contributed by atoms with Gasteiger partial charge in [-0.3, -0.25) is 0 Å². The van der Waals surface area contributed by atoms with E-state index in [0.29, 0.717) is 9.08 Å². The molecule has 0 unspecified atom stereocenters. The van der Waals surface area contributed by atoms with Crippen molar-refractivity contribution >= 4 is 31.9 Å². The van der Waals surface area contributed by atoms with E-state index < -0.39 is 0 Å². The molecule has 1 aromatic rings. The molecule has 1 heterocycles. The third kappa shape index (κ3) is 1.49. The SMILES string of the molecule is Cc1cc(Br)c(O)c(Br)n1. The van der Waals surface area contributed by atoms with Gasteiger partial charge in [0.25, 0.3) is 0 Å². The van der Waals surface area contributed by atoms with Crippen LogP contribution in [-0.2, 0) is 0 Å². The molecule has 10 heavy (non-hydrogen) atoms. The van der Waals surface area contributed by atoms with Crippen LogP contribution in [0.25, 0.3) is 0 Å². The summed E-state index contributed by atoms with van der Waals surface area (Å²) in [5, 5.41) is 9.17. The Morgan fingerprint density at radius 2 is 2.10 bits per heavy atom. The molecule has 0 aliphatic heterocycles. The molecule has 4 heteroatoms. The second-order valence-corrected chi connectivity index (χ2v) is 3.49. The second kappa shape index (κ2) is 2.88. The van der Waals surface area contributed by atoms with Gasteiger partial charge in [-0.2, -0.15) is 0 Å². The number of hydrogen-bond acceptors (Lipinski definition) is 2. The Morgan fingerprint density at radius 1 is 1.50 bits per heavy atom. The lowest BCUT2D eigenvalue weighted by Crippen LogP contribution is -1.82. The lowest BCUT2D eigenvalue weighted by molar-refractivity contribution is 0.464. The van der Waals surface area contributed by atoms with Crippen molar-refractivity contribution < 1.29 is 5.11 Å². The van der Waals surface area contributed by atoms with Crippen LogP contribution in [0.4, 0.5) is 0 Å². The van der Waals surface area contributed by atoms with Gasteiger partial charge in [0.2, 0.25) is 0 Å². The van der Waals surface area contributed by atoms with Crippen molar-refractivity contribution in [1.29, 1.82) is 0 Å². The molecule has 1 rings (SSSR count). The van der Waals surface area contributed by atoms with Crippen LogP contribution < -0.4 is 0 Å². The van der Waals surface area contributed by atoms with Crippen LogP contribution in [0.2, 0.25) is 0 Å². The van der Waals surface area contributed by atoms with Crippen LogP contribution >= 0.6 is 31.9 Å². The van der Waals surface area contributed by atoms with Crippen LogP contribution in [-0.4, -0.2) is 10.1 Å². The molecule has 0 spiro atoms. The number of nitrogens with zero attached hydrogens (tertiary/aromatic N) is 1. The van der Waals surface area contributed by atoms with E-state index in [4.69, 9.17) is 0 Å². The standard InChI is InChI=1S/C6H5Br2NO/c1-3-2-4(7)5(10)6(8)9-3/h2,10H,1H3. The quantitative estimate of drug-likeness (QED) is 0.733. The molecule has 1 aromatic heterocycles. The van der Waals surface area contributed by atoms with Gasteiger partial charge in [-0.15, -0.1) is 0 Å². The third-order valence-corrected chi connectivity index (χ3v) is 2.19. The van der Waals surface area contributed by atoms with Crippen LogP contribution in [0, 0.1) is 6.92 Å². The summed E-state index contributed by atoms with van der Waals surface area (Å²) in [6, 6.07) is 1.75. The van der Waals surface area contributed by atoms with Gasteiger partial charge in [-0.05, 0) is 44.8 Å². The highest BCUT2D eigenvalue weighted by atomic mass is 79.9. The topological polar surface area (TPSA) is 33.1 Å². The van der Waals surface area contributed by atoms with Crippen molar-refractivity contribution in [3.05, 3.63) is 20.8 Å². The Balaban J connectivity index is 3.31. The fraction of sp³-hybridized carbons (Fsp3) is 0.167. The molecular formula is C6H5Br2NO. The van der Waals surface area contributed by atoms with E-state index >= 15 is 0 Å². The summed E-state index contributed by atoms with van der Waals surface area (Å²) in [4.78, 5) is 3.97. The van der Waals surface area contributed by atoms with Gasteiger partial charge in [0.05, 0.1) is 4.47 Å². The number of halogens is 2. The maximum atomic E-state index is 9.17. The van der Waals surface area contributed by atoms with Crippen LogP contribution in [0.3, 0.4) is 0 Å². The van der Waals surface area contributed by atoms with Crippen molar-refractivity contribution in [2.24, 2.45) is 0 Å². The monoisotopic (exact) mass is 265 g/mol. The summed E-state index contributed by atoms with van der Waals surface area (Å²) < 4.78 is 1.13. The number of aryl methyl sites for hydroxylation is 1. The first-order valence-corrected chi connectivity index (χ1v) is 4.21. The van der Waals surface area contributed by atoms with E-state index in [-0.39, 0.29) is 5.75 Å². The van der Waals surface area contributed by atoms with Gasteiger partial charge in [0, 0.05) is 5.69 Å². The second-order valence-electron chi connectivity index (χ2n) is 1.88. The number of pyridine rings is 1. The summed E-state index contributed by atoms with van der Waals surface area (Å²) in [6.45, 7) is 1.86. The van der Waals surface area contributed by atoms with E-state index in [2.05, 4.69) is 36.8 Å². The Morgan fingerprint density at radius 3 is 2.60 bits per heavy atom. The zero-order chi connectivity index (χ0) is 7.72. The molecule has 0 aliphatic rings. The molecule has 0 saturated carbocycles. The van der Waals surface area contributed by atoms with Gasteiger partial charge < -0.3 is 5.11 Å². The number of aromatic hydroxyl groups is 1. The molecule has 0 aliphatic carbocycles. The normalized spacial score (nSPS) is 9.90. The fourth-order valence-electron chi connectivity index (χ4n) is 0.590. The number of aromatic nitrogens is 1. The molecule has 0 bridgehead atoms. The van der Waals surface area contributed by atoms with Crippen molar-refractivity contribution in [2.45, 2.75) is 6.92 Å². The summed E-state index contributed by atoms with van der Waals surface area (Å²) in [5.74, 6) is 0.144. The van der Waals surface area contributed by atoms with Gasteiger partial charge in [-0.1, -0.05) is 0 Å². The van der Waals surface area contributed by atoms with Crippen LogP contribution in [0.15, 0.2) is 15.1 Å². The molecule has 0 amide bonds. The molecule has 0 fully saturated rings. The predicted octanol–water partition coefficient (Wildman–Crippen LogP) is 2.62. The fourth-order valence-corrected chi connectivity index (χ4v) is 1.87. The lowest BCUT2D eigenvalue weighted by atomic mass is 10.4. The smallest absolute Gasteiger partial charge is 0.162 e. The van der Waals surface area contributed by atoms with Gasteiger partial charge in [0.1, 0.15) is 4.60 Å². The van der Waals surface area contributed by atoms with E-state index in [0.717, 1.165) is 5.69 Å². The zero-order valence-electron chi connectivity index (χ0n) is 5.23. The maximum Gasteiger partial charge on any atom is 0.162 e. The highest BCUT2D eigenvalue weighted by molar-refractivity contribution is 9.11. The number of hydrogen-bond donors (Lipinski definition) is 1. The minimum absolute atomic E-state index is 0.144. The highest BCUT2D eigenvalue weighted by Crippen LogP contribution is 2.30. The molecule has 2 nitrogen and oxygen atoms in total. The zero-order valence-corrected chi connectivity index (χ0v) is 8.40. The van der Waals surface area contributed by atoms with Gasteiger partial charge >= 0.3 is 0 Å². The maximum absolute atomic E-state index is 9.17. The summed E-state index contributed by atoms with van der Waals surface area (Å²) >= 11 is 6.28. The Bertz CT molecular complexity index is 239. The van der Waals surface area contributed by atoms with Crippen LogP contribution in [0.5, 0.6) is 5.75 Å². The Hall–Kier alpha value is -0.0900. The molecule has 1 N–H and O–H groups in total. The van der Waals surface area contributed by atoms with Crippen molar-refractivity contribution in [1.82, 2.24) is 4.98 Å². The Labute approximate surface area is 75.5 Å². The first kappa shape index (κ1) is 8.01. The third-order valence-electron chi connectivity index (χ3n) is 1.03. The molecule has 0 radical (unpaired) electrons. The Kier molecular flexibility index (Phi) is 2.31. The first-order chi connectivity index (χ1) is 4.61. The molecule has 54 valence electrons. The highest BCUT2D eigenvalue weighted by Gasteiger charge is 2.03. The lowest BCUT2D eigenvalue weighted by Gasteiger charge is -1.99. The molecule has 0 aromatic carbocycles. The minimum Gasteiger partial charge on any atom is -0.504 e. The summed E-state index contributed by atoms with van der Waals surface area (Å²) in [5.41, 5.74) is 0.858. The van der Waals surface area contributed by atoms with Crippen molar-refractivity contribution in [3.63, 3.8) is 0 Å². The van der Waals surface area contributed by atoms with Crippen LogP contribution in [0.1, 0.15) is 5.69 Å². The van der Waals surface area contributed by atoms with Crippen molar-refractivity contribution in [3.8, 4) is 5.75 Å². The van der Waals surface area contributed by atoms with E-state index in [1.807, 2.05) is 6.92 Å². The van der Waals surface area contributed by atoms with E-state index in [1.165, 1.54) is 0 Å². The van der Waals surface area contributed by atoms with E-state index in [1.54, 1.807) is 6.07 Å². The summed E-state index contributed by atoms with van der Waals surface area (Å²) in [6.07, 6.45) is 0. The average Bonchev–Trinajstić information content (AvgIpc) is 1.82. The largest absolute Gasteiger partial charge is 0.504 e. The van der Waals surface area contributed by atoms with Gasteiger partial charge in [-0.25, -0.2) is 4.98 Å².